The minimum atomic E-state index is -2.24. The zero-order chi connectivity index (χ0) is 21.3. The SMILES string of the molecule is CC(C)c1ccc(F)c(C(C)C)c1CC(=O)/N=[SH](=O)/c1ccc2c(cnn2C)c1. The van der Waals surface area contributed by atoms with Crippen LogP contribution in [-0.2, 0) is 28.9 Å². The number of thiol groups is 1. The van der Waals surface area contributed by atoms with E-state index in [9.17, 15) is 13.4 Å². The van der Waals surface area contributed by atoms with Gasteiger partial charge in [0.1, 0.15) is 5.82 Å². The molecule has 0 aliphatic heterocycles. The van der Waals surface area contributed by atoms with Crippen LogP contribution in [0.4, 0.5) is 4.39 Å². The Labute approximate surface area is 172 Å². The summed E-state index contributed by atoms with van der Waals surface area (Å²) in [4.78, 5) is 13.1. The molecule has 29 heavy (non-hydrogen) atoms. The van der Waals surface area contributed by atoms with E-state index in [2.05, 4.69) is 9.46 Å². The van der Waals surface area contributed by atoms with E-state index < -0.39 is 16.5 Å². The van der Waals surface area contributed by atoms with Crippen molar-refractivity contribution < 1.29 is 13.4 Å². The number of aromatic nitrogens is 2. The lowest BCUT2D eigenvalue weighted by Gasteiger charge is -2.19. The summed E-state index contributed by atoms with van der Waals surface area (Å²) < 4.78 is 32.8. The smallest absolute Gasteiger partial charge is 0.258 e. The lowest BCUT2D eigenvalue weighted by atomic mass is 9.86. The van der Waals surface area contributed by atoms with Crippen LogP contribution >= 0.6 is 0 Å². The fraction of sp³-hybridized carbons (Fsp3) is 0.364. The number of hydrogen-bond acceptors (Lipinski definition) is 3. The molecule has 1 unspecified atom stereocenters. The Morgan fingerprint density at radius 3 is 2.55 bits per heavy atom. The van der Waals surface area contributed by atoms with Gasteiger partial charge in [-0.1, -0.05) is 33.8 Å². The normalized spacial score (nSPS) is 13.0. The average Bonchev–Trinajstić information content (AvgIpc) is 3.01. The number of carbonyl (C=O) groups excluding carboxylic acids is 1. The molecule has 2 aromatic carbocycles. The number of hydrogen-bond donors (Lipinski definition) is 1. The lowest BCUT2D eigenvalue weighted by molar-refractivity contribution is -0.117. The fourth-order valence-electron chi connectivity index (χ4n) is 3.63. The molecule has 1 heterocycles. The molecule has 0 radical (unpaired) electrons. The quantitative estimate of drug-likeness (QED) is 0.612. The number of fused-ring (bicyclic) bond motifs is 1. The van der Waals surface area contributed by atoms with Crippen molar-refractivity contribution in [1.82, 2.24) is 9.78 Å². The first-order valence-electron chi connectivity index (χ1n) is 9.63. The van der Waals surface area contributed by atoms with Gasteiger partial charge in [0.25, 0.3) is 5.91 Å². The third-order valence-corrected chi connectivity index (χ3v) is 6.15. The van der Waals surface area contributed by atoms with Crippen molar-refractivity contribution in [2.24, 2.45) is 11.4 Å². The van der Waals surface area contributed by atoms with Gasteiger partial charge in [-0.3, -0.25) is 9.48 Å². The van der Waals surface area contributed by atoms with Gasteiger partial charge >= 0.3 is 0 Å². The van der Waals surface area contributed by atoms with Gasteiger partial charge in [-0.25, -0.2) is 8.60 Å². The molecule has 1 amide bonds. The first kappa shape index (κ1) is 21.2. The van der Waals surface area contributed by atoms with E-state index in [0.717, 1.165) is 16.5 Å². The van der Waals surface area contributed by atoms with Crippen molar-refractivity contribution in [3.63, 3.8) is 0 Å². The van der Waals surface area contributed by atoms with Gasteiger partial charge < -0.3 is 0 Å². The molecule has 0 N–H and O–H groups in total. The molecule has 0 bridgehead atoms. The van der Waals surface area contributed by atoms with Crippen molar-refractivity contribution >= 4 is 27.4 Å². The third-order valence-electron chi connectivity index (χ3n) is 5.02. The van der Waals surface area contributed by atoms with Gasteiger partial charge in [-0.15, -0.1) is 0 Å². The van der Waals surface area contributed by atoms with E-state index in [4.69, 9.17) is 0 Å². The van der Waals surface area contributed by atoms with Crippen LogP contribution in [0, 0.1) is 5.82 Å². The molecule has 0 saturated carbocycles. The predicted octanol–water partition coefficient (Wildman–Crippen LogP) is 4.75. The second kappa shape index (κ2) is 8.45. The Morgan fingerprint density at radius 1 is 1.17 bits per heavy atom. The fourth-order valence-corrected chi connectivity index (χ4v) is 4.47. The van der Waals surface area contributed by atoms with Gasteiger partial charge in [0.15, 0.2) is 0 Å². The summed E-state index contributed by atoms with van der Waals surface area (Å²) in [6.07, 6.45) is 1.62. The van der Waals surface area contributed by atoms with Crippen LogP contribution in [0.25, 0.3) is 10.9 Å². The van der Waals surface area contributed by atoms with Crippen molar-refractivity contribution in [3.8, 4) is 0 Å². The molecule has 1 atom stereocenters. The molecule has 3 rings (SSSR count). The van der Waals surface area contributed by atoms with E-state index in [1.807, 2.05) is 40.8 Å². The van der Waals surface area contributed by atoms with Gasteiger partial charge in [0.2, 0.25) is 0 Å². The van der Waals surface area contributed by atoms with E-state index >= 15 is 0 Å². The minimum Gasteiger partial charge on any atom is -0.272 e. The van der Waals surface area contributed by atoms with Crippen molar-refractivity contribution in [2.75, 3.05) is 0 Å². The second-order valence-electron chi connectivity index (χ2n) is 7.79. The van der Waals surface area contributed by atoms with E-state index in [1.54, 1.807) is 29.1 Å². The summed E-state index contributed by atoms with van der Waals surface area (Å²) in [5.74, 6) is -0.763. The summed E-state index contributed by atoms with van der Waals surface area (Å²) in [5.41, 5.74) is 3.03. The number of aryl methyl sites for hydroxylation is 1. The topological polar surface area (TPSA) is 64.3 Å². The number of rotatable bonds is 5. The zero-order valence-corrected chi connectivity index (χ0v) is 18.2. The Morgan fingerprint density at radius 2 is 1.90 bits per heavy atom. The molecule has 0 saturated heterocycles. The van der Waals surface area contributed by atoms with Crippen LogP contribution in [0.5, 0.6) is 0 Å². The maximum atomic E-state index is 14.5. The highest BCUT2D eigenvalue weighted by Gasteiger charge is 2.20. The number of benzene rings is 2. The molecular formula is C22H26FN3O2S. The molecule has 154 valence electrons. The Bertz CT molecular complexity index is 1160. The Hall–Kier alpha value is -2.54. The van der Waals surface area contributed by atoms with Crippen LogP contribution in [0.3, 0.4) is 0 Å². The highest BCUT2D eigenvalue weighted by Crippen LogP contribution is 2.30. The van der Waals surface area contributed by atoms with Crippen LogP contribution in [0.1, 0.15) is 56.2 Å². The van der Waals surface area contributed by atoms with Crippen LogP contribution < -0.4 is 0 Å². The monoisotopic (exact) mass is 415 g/mol. The molecular weight excluding hydrogens is 389 g/mol. The molecule has 0 aliphatic rings. The average molecular weight is 416 g/mol. The summed E-state index contributed by atoms with van der Waals surface area (Å²) in [5, 5.41) is 5.00. The van der Waals surface area contributed by atoms with Crippen LogP contribution in [-0.4, -0.2) is 19.9 Å². The summed E-state index contributed by atoms with van der Waals surface area (Å²) in [6, 6.07) is 8.43. The standard InChI is InChI=1S/C22H26FN3O2S/c1-13(2)17-7-8-19(23)22(14(3)4)18(17)11-21(27)25-29(28)16-6-9-20-15(10-16)12-24-26(20)5/h6-10,12-14,29H,11H2,1-5H3. The van der Waals surface area contributed by atoms with Gasteiger partial charge in [0.05, 0.1) is 28.7 Å². The lowest BCUT2D eigenvalue weighted by Crippen LogP contribution is -2.11. The number of halogens is 1. The maximum absolute atomic E-state index is 14.5. The van der Waals surface area contributed by atoms with E-state index in [-0.39, 0.29) is 24.1 Å². The number of carbonyl (C=O) groups is 1. The molecule has 0 aliphatic carbocycles. The Kier molecular flexibility index (Phi) is 6.17. The van der Waals surface area contributed by atoms with Crippen LogP contribution in [0.15, 0.2) is 45.8 Å². The number of amides is 1. The van der Waals surface area contributed by atoms with E-state index in [0.29, 0.717) is 16.0 Å². The van der Waals surface area contributed by atoms with Crippen LogP contribution in [0.2, 0.25) is 0 Å². The van der Waals surface area contributed by atoms with Gasteiger partial charge in [-0.05, 0) is 52.8 Å². The van der Waals surface area contributed by atoms with Gasteiger partial charge in [0, 0.05) is 17.3 Å². The summed E-state index contributed by atoms with van der Waals surface area (Å²) >= 11 is 0. The van der Waals surface area contributed by atoms with Crippen molar-refractivity contribution in [3.05, 3.63) is 59.0 Å². The molecule has 5 nitrogen and oxygen atoms in total. The maximum Gasteiger partial charge on any atom is 0.258 e. The first-order valence-corrected chi connectivity index (χ1v) is 10.8. The second-order valence-corrected chi connectivity index (χ2v) is 9.06. The summed E-state index contributed by atoms with van der Waals surface area (Å²) in [7, 11) is -0.411. The van der Waals surface area contributed by atoms with E-state index in [1.165, 1.54) is 6.07 Å². The molecule has 0 spiro atoms. The first-order chi connectivity index (χ1) is 13.7. The molecule has 1 aromatic heterocycles. The number of nitrogens with zero attached hydrogens (tertiary/aromatic N) is 3. The molecule has 7 heteroatoms. The Balaban J connectivity index is 1.95. The van der Waals surface area contributed by atoms with Crippen molar-refractivity contribution in [2.45, 2.75) is 50.8 Å². The predicted molar refractivity (Wildman–Crippen MR) is 114 cm³/mol. The third kappa shape index (κ3) is 4.40. The zero-order valence-electron chi connectivity index (χ0n) is 17.3. The molecule has 0 fully saturated rings. The van der Waals surface area contributed by atoms with Crippen molar-refractivity contribution in [1.29, 1.82) is 0 Å². The van der Waals surface area contributed by atoms with Gasteiger partial charge in [-0.2, -0.15) is 9.46 Å². The highest BCUT2D eigenvalue weighted by molar-refractivity contribution is 7.75. The highest BCUT2D eigenvalue weighted by atomic mass is 32.2. The largest absolute Gasteiger partial charge is 0.272 e. The summed E-state index contributed by atoms with van der Waals surface area (Å²) in [6.45, 7) is 7.81. The molecule has 3 aromatic rings. The minimum absolute atomic E-state index is 0.0605.